The van der Waals surface area contributed by atoms with E-state index < -0.39 is 0 Å². The number of carbonyl (C=O) groups excluding carboxylic acids is 2. The molecule has 4 nitrogen and oxygen atoms in total. The van der Waals surface area contributed by atoms with Crippen LogP contribution in [0.15, 0.2) is 91.0 Å². The first-order chi connectivity index (χ1) is 19.5. The van der Waals surface area contributed by atoms with Crippen molar-refractivity contribution < 1.29 is 19.1 Å². The molecule has 0 N–H and O–H groups in total. The second-order valence-electron chi connectivity index (χ2n) is 11.7. The average Bonchev–Trinajstić information content (AvgIpc) is 3.31. The molecule has 4 heteroatoms. The van der Waals surface area contributed by atoms with Gasteiger partial charge in [0.2, 0.25) is 0 Å². The van der Waals surface area contributed by atoms with Crippen LogP contribution in [0.4, 0.5) is 0 Å². The number of carbonyl (C=O) groups is 2. The van der Waals surface area contributed by atoms with E-state index >= 15 is 0 Å². The zero-order chi connectivity index (χ0) is 27.5. The normalized spacial score (nSPS) is 27.1. The van der Waals surface area contributed by atoms with E-state index in [0.29, 0.717) is 23.5 Å². The first-order valence-electron chi connectivity index (χ1n) is 14.5. The van der Waals surface area contributed by atoms with Crippen LogP contribution in [0.25, 0.3) is 12.2 Å². The van der Waals surface area contributed by atoms with Crippen LogP contribution in [0.2, 0.25) is 0 Å². The third kappa shape index (κ3) is 5.40. The van der Waals surface area contributed by atoms with E-state index in [0.717, 1.165) is 49.7 Å². The third-order valence-electron chi connectivity index (χ3n) is 9.51. The lowest BCUT2D eigenvalue weighted by Gasteiger charge is -2.50. The Labute approximate surface area is 236 Å². The van der Waals surface area contributed by atoms with E-state index in [2.05, 4.69) is 19.1 Å². The molecular formula is C36H36O4. The lowest BCUT2D eigenvalue weighted by Crippen LogP contribution is -2.45. The summed E-state index contributed by atoms with van der Waals surface area (Å²) in [6.45, 7) is 2.35. The molecule has 6 rings (SSSR count). The largest absolute Gasteiger partial charge is 0.459 e. The van der Waals surface area contributed by atoms with Crippen molar-refractivity contribution in [2.75, 3.05) is 0 Å². The lowest BCUT2D eigenvalue weighted by molar-refractivity contribution is -0.151. The monoisotopic (exact) mass is 532 g/mol. The minimum absolute atomic E-state index is 0.0233. The Balaban J connectivity index is 1.10. The summed E-state index contributed by atoms with van der Waals surface area (Å²) in [6.07, 6.45) is 12.9. The highest BCUT2D eigenvalue weighted by Gasteiger charge is 2.56. The van der Waals surface area contributed by atoms with Crippen LogP contribution < -0.4 is 4.74 Å². The zero-order valence-electron chi connectivity index (χ0n) is 23.0. The molecule has 204 valence electrons. The lowest BCUT2D eigenvalue weighted by atomic mass is 9.55. The van der Waals surface area contributed by atoms with Gasteiger partial charge >= 0.3 is 11.9 Å². The molecule has 3 aliphatic carbocycles. The summed E-state index contributed by atoms with van der Waals surface area (Å²) < 4.78 is 11.7. The van der Waals surface area contributed by atoms with E-state index in [1.807, 2.05) is 72.8 Å². The van der Waals surface area contributed by atoms with Gasteiger partial charge in [-0.05, 0) is 103 Å². The Morgan fingerprint density at radius 2 is 1.48 bits per heavy atom. The molecule has 40 heavy (non-hydrogen) atoms. The minimum Gasteiger partial charge on any atom is -0.459 e. The summed E-state index contributed by atoms with van der Waals surface area (Å²) in [5.41, 5.74) is 4.69. The van der Waals surface area contributed by atoms with Crippen molar-refractivity contribution in [2.24, 2.45) is 17.3 Å². The molecule has 0 spiro atoms. The number of aryl methyl sites for hydroxylation is 1. The maximum absolute atomic E-state index is 12.7. The van der Waals surface area contributed by atoms with Crippen LogP contribution in [-0.4, -0.2) is 18.0 Å². The zero-order valence-corrected chi connectivity index (χ0v) is 23.0. The molecule has 3 aromatic rings. The summed E-state index contributed by atoms with van der Waals surface area (Å²) in [4.78, 5) is 25.1. The van der Waals surface area contributed by atoms with Crippen molar-refractivity contribution >= 4 is 24.1 Å². The number of ether oxygens (including phenoxy) is 2. The fraction of sp³-hybridized carbons (Fsp3) is 0.333. The molecule has 0 aromatic heterocycles. The Morgan fingerprint density at radius 1 is 0.800 bits per heavy atom. The van der Waals surface area contributed by atoms with Gasteiger partial charge in [-0.3, -0.25) is 0 Å². The van der Waals surface area contributed by atoms with E-state index in [4.69, 9.17) is 9.47 Å². The summed E-state index contributed by atoms with van der Waals surface area (Å²) in [7, 11) is 0. The number of hydrogen-bond donors (Lipinski definition) is 0. The molecule has 0 bridgehead atoms. The molecular weight excluding hydrogens is 496 g/mol. The highest BCUT2D eigenvalue weighted by molar-refractivity contribution is 5.88. The summed E-state index contributed by atoms with van der Waals surface area (Å²) in [6, 6.07) is 25.8. The van der Waals surface area contributed by atoms with Gasteiger partial charge in [0.15, 0.2) is 0 Å². The minimum atomic E-state index is -0.365. The van der Waals surface area contributed by atoms with E-state index in [1.54, 1.807) is 12.2 Å². The van der Waals surface area contributed by atoms with E-state index in [1.165, 1.54) is 17.2 Å². The van der Waals surface area contributed by atoms with E-state index in [-0.39, 0.29) is 23.5 Å². The van der Waals surface area contributed by atoms with Gasteiger partial charge in [0.1, 0.15) is 11.9 Å². The van der Waals surface area contributed by atoms with Crippen LogP contribution in [-0.2, 0) is 20.7 Å². The van der Waals surface area contributed by atoms with Crippen molar-refractivity contribution in [2.45, 2.75) is 57.5 Å². The Hall–Kier alpha value is -3.92. The molecule has 0 radical (unpaired) electrons. The number of esters is 2. The molecule has 2 saturated carbocycles. The average molecular weight is 533 g/mol. The fourth-order valence-electron chi connectivity index (χ4n) is 7.55. The highest BCUT2D eigenvalue weighted by atomic mass is 16.5. The van der Waals surface area contributed by atoms with Crippen molar-refractivity contribution in [3.63, 3.8) is 0 Å². The summed E-state index contributed by atoms with van der Waals surface area (Å²) in [5, 5.41) is 0. The van der Waals surface area contributed by atoms with Crippen molar-refractivity contribution in [3.8, 4) is 5.75 Å². The van der Waals surface area contributed by atoms with Gasteiger partial charge in [0, 0.05) is 17.6 Å². The van der Waals surface area contributed by atoms with Crippen LogP contribution in [0.1, 0.15) is 67.2 Å². The third-order valence-corrected chi connectivity index (χ3v) is 9.51. The summed E-state index contributed by atoms with van der Waals surface area (Å²) in [5.74, 6) is 1.66. The van der Waals surface area contributed by atoms with Crippen molar-refractivity contribution in [1.29, 1.82) is 0 Å². The smallest absolute Gasteiger partial charge is 0.336 e. The van der Waals surface area contributed by atoms with Crippen LogP contribution in [0.5, 0.6) is 5.75 Å². The predicted molar refractivity (Wildman–Crippen MR) is 158 cm³/mol. The Morgan fingerprint density at radius 3 is 2.17 bits per heavy atom. The standard InChI is InChI=1S/C36H36O4/c1-36-23-22-30-29-17-15-28(39-34(37)20-12-25-8-4-2-5-9-25)24-27(29)14-16-31(30)32(36)18-19-33(36)40-35(38)21-13-26-10-6-3-7-11-26/h2-13,15,17,20-21,24,30-33H,14,16,18-19,22-23H2,1H3/b20-12+,21-13+/t30-,31-,32-,33-,36-/m0/s1. The molecule has 5 atom stereocenters. The second-order valence-corrected chi connectivity index (χ2v) is 11.7. The number of fused-ring (bicyclic) bond motifs is 5. The van der Waals surface area contributed by atoms with Gasteiger partial charge in [-0.1, -0.05) is 73.7 Å². The first-order valence-corrected chi connectivity index (χ1v) is 14.5. The molecule has 3 aliphatic rings. The first kappa shape index (κ1) is 26.3. The van der Waals surface area contributed by atoms with Gasteiger partial charge in [-0.15, -0.1) is 0 Å². The molecule has 2 fully saturated rings. The molecule has 0 heterocycles. The Bertz CT molecular complexity index is 1420. The second kappa shape index (κ2) is 11.3. The van der Waals surface area contributed by atoms with Crippen molar-refractivity contribution in [1.82, 2.24) is 0 Å². The molecule has 0 aliphatic heterocycles. The van der Waals surface area contributed by atoms with Crippen LogP contribution in [0.3, 0.4) is 0 Å². The number of hydrogen-bond acceptors (Lipinski definition) is 4. The SMILES string of the molecule is C[C@]12CC[C@H]3c4ccc(OC(=O)/C=C/c5ccccc5)cc4CC[C@@H]3[C@@H]1CC[C@@H]2OC(=O)/C=C/c1ccccc1. The van der Waals surface area contributed by atoms with Gasteiger partial charge in [-0.25, -0.2) is 9.59 Å². The highest BCUT2D eigenvalue weighted by Crippen LogP contribution is 2.61. The van der Waals surface area contributed by atoms with Gasteiger partial charge in [0.25, 0.3) is 0 Å². The fourth-order valence-corrected chi connectivity index (χ4v) is 7.55. The van der Waals surface area contributed by atoms with Gasteiger partial charge in [-0.2, -0.15) is 0 Å². The maximum Gasteiger partial charge on any atom is 0.336 e. The molecule has 0 amide bonds. The van der Waals surface area contributed by atoms with Gasteiger partial charge < -0.3 is 9.47 Å². The topological polar surface area (TPSA) is 52.6 Å². The number of rotatable bonds is 6. The molecule has 0 unspecified atom stereocenters. The molecule has 0 saturated heterocycles. The van der Waals surface area contributed by atoms with Crippen molar-refractivity contribution in [3.05, 3.63) is 113 Å². The van der Waals surface area contributed by atoms with Crippen LogP contribution in [0, 0.1) is 17.3 Å². The van der Waals surface area contributed by atoms with Crippen LogP contribution >= 0.6 is 0 Å². The predicted octanol–water partition coefficient (Wildman–Crippen LogP) is 7.79. The quantitative estimate of drug-likeness (QED) is 0.185. The maximum atomic E-state index is 12.7. The molecule has 3 aromatic carbocycles. The number of benzene rings is 3. The van der Waals surface area contributed by atoms with E-state index in [9.17, 15) is 9.59 Å². The Kier molecular flexibility index (Phi) is 7.42. The van der Waals surface area contributed by atoms with Gasteiger partial charge in [0.05, 0.1) is 0 Å². The summed E-state index contributed by atoms with van der Waals surface area (Å²) >= 11 is 0.